The highest BCUT2D eigenvalue weighted by Crippen LogP contribution is 2.46. The molecule has 1 aliphatic carbocycles. The van der Waals surface area contributed by atoms with E-state index in [9.17, 15) is 14.7 Å². The molecule has 4 rings (SSSR count). The van der Waals surface area contributed by atoms with Crippen LogP contribution >= 0.6 is 15.9 Å². The van der Waals surface area contributed by atoms with Crippen LogP contribution in [-0.2, 0) is 16.8 Å². The van der Waals surface area contributed by atoms with Crippen molar-refractivity contribution in [3.8, 4) is 0 Å². The van der Waals surface area contributed by atoms with Crippen LogP contribution in [-0.4, -0.2) is 16.8 Å². The van der Waals surface area contributed by atoms with E-state index in [0.717, 1.165) is 10.0 Å². The molecule has 1 heterocycles. The maximum absolute atomic E-state index is 12.9. The number of halogens is 1. The van der Waals surface area contributed by atoms with Gasteiger partial charge in [0.05, 0.1) is 5.92 Å². The number of anilines is 1. The van der Waals surface area contributed by atoms with Crippen LogP contribution in [0.2, 0.25) is 0 Å². The Labute approximate surface area is 141 Å². The Morgan fingerprint density at radius 2 is 1.96 bits per heavy atom. The average molecular weight is 372 g/mol. The van der Waals surface area contributed by atoms with Crippen molar-refractivity contribution in [2.75, 3.05) is 5.32 Å². The van der Waals surface area contributed by atoms with Gasteiger partial charge in [0.2, 0.25) is 0 Å². The number of Topliss-reactive ketones (excluding diaryl/α,β-unsaturated/α-hetero) is 1. The zero-order valence-electron chi connectivity index (χ0n) is 12.2. The molecule has 0 unspecified atom stereocenters. The highest BCUT2D eigenvalue weighted by molar-refractivity contribution is 9.10. The van der Waals surface area contributed by atoms with Gasteiger partial charge in [-0.2, -0.15) is 0 Å². The van der Waals surface area contributed by atoms with Gasteiger partial charge in [-0.05, 0) is 36.6 Å². The summed E-state index contributed by atoms with van der Waals surface area (Å²) < 4.78 is 0.759. The molecular formula is C18H14BrNO3. The largest absolute Gasteiger partial charge is 0.375 e. The Hall–Kier alpha value is -1.98. The zero-order valence-corrected chi connectivity index (χ0v) is 13.8. The van der Waals surface area contributed by atoms with E-state index in [1.54, 1.807) is 24.3 Å². The van der Waals surface area contributed by atoms with Gasteiger partial charge in [0.25, 0.3) is 5.91 Å². The van der Waals surface area contributed by atoms with Crippen LogP contribution in [0.4, 0.5) is 5.69 Å². The lowest BCUT2D eigenvalue weighted by atomic mass is 9.71. The van der Waals surface area contributed by atoms with E-state index >= 15 is 0 Å². The fraction of sp³-hybridized carbons (Fsp3) is 0.222. The molecular weight excluding hydrogens is 358 g/mol. The predicted octanol–water partition coefficient (Wildman–Crippen LogP) is 3.03. The number of ketones is 1. The molecule has 0 radical (unpaired) electrons. The van der Waals surface area contributed by atoms with E-state index < -0.39 is 17.4 Å². The quantitative estimate of drug-likeness (QED) is 0.809. The van der Waals surface area contributed by atoms with Gasteiger partial charge in [-0.1, -0.05) is 40.2 Å². The monoisotopic (exact) mass is 371 g/mol. The third kappa shape index (κ3) is 2.00. The Morgan fingerprint density at radius 1 is 1.17 bits per heavy atom. The van der Waals surface area contributed by atoms with E-state index in [2.05, 4.69) is 21.2 Å². The van der Waals surface area contributed by atoms with Crippen molar-refractivity contribution >= 4 is 33.3 Å². The van der Waals surface area contributed by atoms with Crippen molar-refractivity contribution in [3.05, 3.63) is 63.6 Å². The van der Waals surface area contributed by atoms with Crippen molar-refractivity contribution in [2.24, 2.45) is 5.92 Å². The van der Waals surface area contributed by atoms with Gasteiger partial charge in [0.15, 0.2) is 11.4 Å². The number of aryl methyl sites for hydroxylation is 1. The van der Waals surface area contributed by atoms with E-state index in [1.807, 2.05) is 18.2 Å². The van der Waals surface area contributed by atoms with Crippen LogP contribution < -0.4 is 5.32 Å². The number of hydrogen-bond donors (Lipinski definition) is 2. The number of carbonyl (C=O) groups excluding carboxylic acids is 2. The highest BCUT2D eigenvalue weighted by Gasteiger charge is 2.54. The highest BCUT2D eigenvalue weighted by atomic mass is 79.9. The number of hydrogen-bond acceptors (Lipinski definition) is 3. The van der Waals surface area contributed by atoms with Crippen LogP contribution in [0.5, 0.6) is 0 Å². The SMILES string of the molecule is O=C1c2ccccc2CC[C@@H]1[C@]1(O)C(=O)Nc2ccc(Br)cc21. The Kier molecular flexibility index (Phi) is 3.18. The fourth-order valence-corrected chi connectivity index (χ4v) is 3.98. The maximum Gasteiger partial charge on any atom is 0.261 e. The van der Waals surface area contributed by atoms with Crippen LogP contribution in [0.25, 0.3) is 0 Å². The molecule has 0 saturated carbocycles. The van der Waals surface area contributed by atoms with Gasteiger partial charge >= 0.3 is 0 Å². The van der Waals surface area contributed by atoms with Gasteiger partial charge in [-0.25, -0.2) is 0 Å². The summed E-state index contributed by atoms with van der Waals surface area (Å²) in [5.74, 6) is -1.46. The summed E-state index contributed by atoms with van der Waals surface area (Å²) in [6.07, 6.45) is 1.12. The molecule has 116 valence electrons. The standard InChI is InChI=1S/C18H14BrNO3/c19-11-6-8-15-14(9-11)18(23,17(22)20-15)13-7-5-10-3-1-2-4-12(10)16(13)21/h1-4,6,8-9,13,23H,5,7H2,(H,20,22)/t13-,18+/m0/s1. The van der Waals surface area contributed by atoms with E-state index in [0.29, 0.717) is 29.7 Å². The molecule has 0 spiro atoms. The molecule has 2 N–H and O–H groups in total. The molecule has 0 saturated heterocycles. The number of amides is 1. The van der Waals surface area contributed by atoms with E-state index in [4.69, 9.17) is 0 Å². The molecule has 0 fully saturated rings. The fourth-order valence-electron chi connectivity index (χ4n) is 3.62. The molecule has 4 nitrogen and oxygen atoms in total. The number of benzene rings is 2. The summed E-state index contributed by atoms with van der Waals surface area (Å²) in [4.78, 5) is 25.4. The molecule has 2 aromatic rings. The molecule has 0 aromatic heterocycles. The van der Waals surface area contributed by atoms with Gasteiger partial charge in [0, 0.05) is 21.3 Å². The molecule has 2 aliphatic rings. The smallest absolute Gasteiger partial charge is 0.261 e. The molecule has 23 heavy (non-hydrogen) atoms. The van der Waals surface area contributed by atoms with Crippen molar-refractivity contribution in [1.29, 1.82) is 0 Å². The van der Waals surface area contributed by atoms with E-state index in [-0.39, 0.29) is 5.78 Å². The number of nitrogens with one attached hydrogen (secondary N) is 1. The summed E-state index contributed by atoms with van der Waals surface area (Å²) in [5, 5.41) is 13.9. The minimum absolute atomic E-state index is 0.169. The Morgan fingerprint density at radius 3 is 2.78 bits per heavy atom. The third-order valence-electron chi connectivity index (χ3n) is 4.79. The molecule has 0 bridgehead atoms. The summed E-state index contributed by atoms with van der Waals surface area (Å²) in [5.41, 5.74) is 0.796. The first-order chi connectivity index (χ1) is 11.0. The lowest BCUT2D eigenvalue weighted by Crippen LogP contribution is -2.47. The van der Waals surface area contributed by atoms with E-state index in [1.165, 1.54) is 0 Å². The van der Waals surface area contributed by atoms with Crippen LogP contribution in [0.1, 0.15) is 27.9 Å². The average Bonchev–Trinajstić information content (AvgIpc) is 2.80. The van der Waals surface area contributed by atoms with Gasteiger partial charge < -0.3 is 10.4 Å². The predicted molar refractivity (Wildman–Crippen MR) is 89.3 cm³/mol. The van der Waals surface area contributed by atoms with Crippen LogP contribution in [0.15, 0.2) is 46.9 Å². The molecule has 2 atom stereocenters. The second-order valence-electron chi connectivity index (χ2n) is 6.02. The molecule has 2 aromatic carbocycles. The second-order valence-corrected chi connectivity index (χ2v) is 6.94. The number of rotatable bonds is 1. The summed E-state index contributed by atoms with van der Waals surface area (Å²) in [6.45, 7) is 0. The molecule has 5 heteroatoms. The van der Waals surface area contributed by atoms with Crippen LogP contribution in [0.3, 0.4) is 0 Å². The normalized spacial score (nSPS) is 25.7. The first-order valence-electron chi connectivity index (χ1n) is 7.48. The summed E-state index contributed by atoms with van der Waals surface area (Å²) in [7, 11) is 0. The second kappa shape index (κ2) is 5.01. The van der Waals surface area contributed by atoms with Crippen molar-refractivity contribution in [2.45, 2.75) is 18.4 Å². The lowest BCUT2D eigenvalue weighted by Gasteiger charge is -2.33. The number of fused-ring (bicyclic) bond motifs is 2. The summed E-state index contributed by atoms with van der Waals surface area (Å²) in [6, 6.07) is 12.6. The third-order valence-corrected chi connectivity index (χ3v) is 5.29. The maximum atomic E-state index is 12.9. The Bertz CT molecular complexity index is 848. The zero-order chi connectivity index (χ0) is 16.2. The Balaban J connectivity index is 1.84. The molecule has 1 amide bonds. The first kappa shape index (κ1) is 14.6. The minimum atomic E-state index is -1.82. The summed E-state index contributed by atoms with van der Waals surface area (Å²) >= 11 is 3.37. The number of carbonyl (C=O) groups is 2. The first-order valence-corrected chi connectivity index (χ1v) is 8.27. The minimum Gasteiger partial charge on any atom is -0.375 e. The van der Waals surface area contributed by atoms with Gasteiger partial charge in [-0.3, -0.25) is 9.59 Å². The topological polar surface area (TPSA) is 66.4 Å². The van der Waals surface area contributed by atoms with Gasteiger partial charge in [-0.15, -0.1) is 0 Å². The number of aliphatic hydroxyl groups is 1. The van der Waals surface area contributed by atoms with Crippen LogP contribution in [0, 0.1) is 5.92 Å². The van der Waals surface area contributed by atoms with Crippen molar-refractivity contribution in [1.82, 2.24) is 0 Å². The lowest BCUT2D eigenvalue weighted by molar-refractivity contribution is -0.138. The van der Waals surface area contributed by atoms with Crippen molar-refractivity contribution < 1.29 is 14.7 Å². The van der Waals surface area contributed by atoms with Crippen molar-refractivity contribution in [3.63, 3.8) is 0 Å². The van der Waals surface area contributed by atoms with Gasteiger partial charge in [0.1, 0.15) is 0 Å². The molecule has 1 aliphatic heterocycles.